The van der Waals surface area contributed by atoms with Gasteiger partial charge in [-0.3, -0.25) is 0 Å². The highest BCUT2D eigenvalue weighted by Gasteiger charge is 2.21. The Morgan fingerprint density at radius 1 is 0.935 bits per heavy atom. The van der Waals surface area contributed by atoms with Crippen molar-refractivity contribution in [1.29, 1.82) is 0 Å². The summed E-state index contributed by atoms with van der Waals surface area (Å²) in [5, 5.41) is 3.07. The quantitative estimate of drug-likeness (QED) is 0.547. The lowest BCUT2D eigenvalue weighted by Gasteiger charge is -2.24. The zero-order valence-corrected chi connectivity index (χ0v) is 17.8. The highest BCUT2D eigenvalue weighted by Crippen LogP contribution is 2.26. The lowest BCUT2D eigenvalue weighted by molar-refractivity contribution is 0.201. The topological polar surface area (TPSA) is 52.9 Å². The Balaban J connectivity index is 1.30. The molecule has 3 heterocycles. The minimum absolute atomic E-state index is 0.00160. The maximum atomic E-state index is 12.8. The molecule has 1 aliphatic heterocycles. The Kier molecular flexibility index (Phi) is 5.20. The van der Waals surface area contributed by atoms with Gasteiger partial charge in [-0.05, 0) is 43.2 Å². The van der Waals surface area contributed by atoms with Crippen molar-refractivity contribution < 1.29 is 4.79 Å². The molecule has 2 aromatic heterocycles. The molecule has 0 radical (unpaired) electrons. The van der Waals surface area contributed by atoms with Crippen LogP contribution in [0.1, 0.15) is 17.5 Å². The SMILES string of the molecule is Cc1ccc(CNC(=O)N2CCCN(c3nc4ccccc4n4cccc34)CC2)cc1. The summed E-state index contributed by atoms with van der Waals surface area (Å²) in [6.45, 7) is 5.70. The number of benzene rings is 2. The fourth-order valence-corrected chi connectivity index (χ4v) is 4.27. The zero-order valence-electron chi connectivity index (χ0n) is 17.8. The van der Waals surface area contributed by atoms with Gasteiger partial charge in [0.2, 0.25) is 0 Å². The molecule has 1 fully saturated rings. The highest BCUT2D eigenvalue weighted by molar-refractivity contribution is 5.85. The van der Waals surface area contributed by atoms with Crippen LogP contribution in [0.2, 0.25) is 0 Å². The maximum absolute atomic E-state index is 12.8. The summed E-state index contributed by atoms with van der Waals surface area (Å²) in [4.78, 5) is 22.0. The van der Waals surface area contributed by atoms with Gasteiger partial charge in [0.05, 0.1) is 16.6 Å². The first-order valence-electron chi connectivity index (χ1n) is 10.9. The number of anilines is 1. The number of nitrogens with zero attached hydrogens (tertiary/aromatic N) is 4. The monoisotopic (exact) mass is 413 g/mol. The maximum Gasteiger partial charge on any atom is 0.317 e. The van der Waals surface area contributed by atoms with E-state index in [0.717, 1.165) is 54.0 Å². The normalized spacial score (nSPS) is 14.7. The average molecular weight is 414 g/mol. The van der Waals surface area contributed by atoms with E-state index in [1.54, 1.807) is 0 Å². The molecule has 0 atom stereocenters. The molecule has 1 aliphatic rings. The van der Waals surface area contributed by atoms with Gasteiger partial charge in [-0.25, -0.2) is 9.78 Å². The number of rotatable bonds is 3. The van der Waals surface area contributed by atoms with E-state index in [1.807, 2.05) is 17.0 Å². The molecule has 0 spiro atoms. The van der Waals surface area contributed by atoms with E-state index in [1.165, 1.54) is 5.56 Å². The fraction of sp³-hybridized carbons (Fsp3) is 0.280. The van der Waals surface area contributed by atoms with Crippen LogP contribution in [0.15, 0.2) is 66.9 Å². The Morgan fingerprint density at radius 2 is 1.74 bits per heavy atom. The summed E-state index contributed by atoms with van der Waals surface area (Å²) in [5.41, 5.74) is 5.54. The van der Waals surface area contributed by atoms with Crippen molar-refractivity contribution in [3.05, 3.63) is 78.0 Å². The lowest BCUT2D eigenvalue weighted by Crippen LogP contribution is -2.41. The van der Waals surface area contributed by atoms with Crippen molar-refractivity contribution >= 4 is 28.4 Å². The molecule has 0 aliphatic carbocycles. The van der Waals surface area contributed by atoms with E-state index in [9.17, 15) is 4.79 Å². The lowest BCUT2D eigenvalue weighted by atomic mass is 10.1. The molecule has 6 heteroatoms. The number of carbonyl (C=O) groups is 1. The molecular formula is C25H27N5O. The predicted molar refractivity (Wildman–Crippen MR) is 125 cm³/mol. The second-order valence-corrected chi connectivity index (χ2v) is 8.16. The minimum Gasteiger partial charge on any atom is -0.353 e. The van der Waals surface area contributed by atoms with Crippen LogP contribution in [0.5, 0.6) is 0 Å². The number of amides is 2. The number of urea groups is 1. The predicted octanol–water partition coefficient (Wildman–Crippen LogP) is 4.22. The summed E-state index contributed by atoms with van der Waals surface area (Å²) in [6, 6.07) is 20.7. The van der Waals surface area contributed by atoms with Crippen molar-refractivity contribution in [3.8, 4) is 0 Å². The van der Waals surface area contributed by atoms with Crippen molar-refractivity contribution in [2.45, 2.75) is 19.9 Å². The Labute approximate surface area is 182 Å². The van der Waals surface area contributed by atoms with Gasteiger partial charge in [0, 0.05) is 38.9 Å². The summed E-state index contributed by atoms with van der Waals surface area (Å²) in [5.74, 6) is 0.991. The van der Waals surface area contributed by atoms with Crippen molar-refractivity contribution in [2.75, 3.05) is 31.1 Å². The number of hydrogen-bond donors (Lipinski definition) is 1. The molecule has 1 saturated heterocycles. The van der Waals surface area contributed by atoms with E-state index < -0.39 is 0 Å². The smallest absolute Gasteiger partial charge is 0.317 e. The van der Waals surface area contributed by atoms with Crippen LogP contribution in [0.3, 0.4) is 0 Å². The van der Waals surface area contributed by atoms with E-state index >= 15 is 0 Å². The van der Waals surface area contributed by atoms with Gasteiger partial charge in [-0.15, -0.1) is 0 Å². The third kappa shape index (κ3) is 3.93. The van der Waals surface area contributed by atoms with E-state index in [2.05, 4.69) is 76.3 Å². The molecule has 31 heavy (non-hydrogen) atoms. The zero-order chi connectivity index (χ0) is 21.2. The summed E-state index contributed by atoms with van der Waals surface area (Å²) >= 11 is 0. The van der Waals surface area contributed by atoms with E-state index in [-0.39, 0.29) is 6.03 Å². The molecule has 158 valence electrons. The van der Waals surface area contributed by atoms with Crippen LogP contribution in [0.4, 0.5) is 10.6 Å². The van der Waals surface area contributed by atoms with E-state index in [4.69, 9.17) is 4.98 Å². The highest BCUT2D eigenvalue weighted by atomic mass is 16.2. The molecule has 0 unspecified atom stereocenters. The Bertz CT molecular complexity index is 1210. The third-order valence-corrected chi connectivity index (χ3v) is 5.99. The van der Waals surface area contributed by atoms with Gasteiger partial charge in [0.25, 0.3) is 0 Å². The first kappa shape index (κ1) is 19.4. The minimum atomic E-state index is 0.00160. The Morgan fingerprint density at radius 3 is 2.61 bits per heavy atom. The second kappa shape index (κ2) is 8.30. The largest absolute Gasteiger partial charge is 0.353 e. The van der Waals surface area contributed by atoms with Gasteiger partial charge in [0.15, 0.2) is 5.82 Å². The molecule has 2 aromatic carbocycles. The molecule has 1 N–H and O–H groups in total. The molecule has 2 amide bonds. The number of hydrogen-bond acceptors (Lipinski definition) is 3. The van der Waals surface area contributed by atoms with Crippen LogP contribution in [-0.4, -0.2) is 46.5 Å². The van der Waals surface area contributed by atoms with Crippen molar-refractivity contribution in [1.82, 2.24) is 19.6 Å². The van der Waals surface area contributed by atoms with Gasteiger partial charge in [-0.2, -0.15) is 0 Å². The summed E-state index contributed by atoms with van der Waals surface area (Å²) in [7, 11) is 0. The van der Waals surface area contributed by atoms with Crippen LogP contribution in [0, 0.1) is 6.92 Å². The number of aryl methyl sites for hydroxylation is 1. The number of nitrogens with one attached hydrogen (secondary N) is 1. The van der Waals surface area contributed by atoms with Gasteiger partial charge < -0.3 is 19.5 Å². The van der Waals surface area contributed by atoms with Crippen LogP contribution in [-0.2, 0) is 6.54 Å². The van der Waals surface area contributed by atoms with Crippen molar-refractivity contribution in [3.63, 3.8) is 0 Å². The molecule has 5 rings (SSSR count). The number of carbonyl (C=O) groups excluding carboxylic acids is 1. The van der Waals surface area contributed by atoms with Crippen LogP contribution < -0.4 is 10.2 Å². The molecule has 6 nitrogen and oxygen atoms in total. The summed E-state index contributed by atoms with van der Waals surface area (Å²) in [6.07, 6.45) is 3.00. The molecule has 0 bridgehead atoms. The van der Waals surface area contributed by atoms with Gasteiger partial charge in [0.1, 0.15) is 0 Å². The Hall–Kier alpha value is -3.54. The fourth-order valence-electron chi connectivity index (χ4n) is 4.27. The number of aromatic nitrogens is 2. The van der Waals surface area contributed by atoms with Gasteiger partial charge >= 0.3 is 6.03 Å². The summed E-state index contributed by atoms with van der Waals surface area (Å²) < 4.78 is 2.20. The third-order valence-electron chi connectivity index (χ3n) is 5.99. The first-order valence-corrected chi connectivity index (χ1v) is 10.9. The molecule has 4 aromatic rings. The number of para-hydroxylation sites is 2. The number of fused-ring (bicyclic) bond motifs is 3. The standard InChI is InChI=1S/C25H27N5O/c1-19-9-11-20(12-10-19)18-26-25(31)29-14-5-13-28(16-17-29)24-23-8-4-15-30(23)22-7-3-2-6-21(22)27-24/h2-4,6-12,15H,5,13-14,16-18H2,1H3,(H,26,31). The average Bonchev–Trinajstić information content (AvgIpc) is 3.16. The van der Waals surface area contributed by atoms with Gasteiger partial charge in [-0.1, -0.05) is 42.0 Å². The molecular weight excluding hydrogens is 386 g/mol. The van der Waals surface area contributed by atoms with Crippen LogP contribution in [0.25, 0.3) is 16.6 Å². The van der Waals surface area contributed by atoms with Crippen molar-refractivity contribution in [2.24, 2.45) is 0 Å². The van der Waals surface area contributed by atoms with E-state index in [0.29, 0.717) is 13.1 Å². The molecule has 0 saturated carbocycles. The van der Waals surface area contributed by atoms with Crippen LogP contribution >= 0.6 is 0 Å². The first-order chi connectivity index (χ1) is 15.2. The second-order valence-electron chi connectivity index (χ2n) is 8.16.